The molecular formula is C3H8N2O. The van der Waals surface area contributed by atoms with Gasteiger partial charge in [-0.25, -0.2) is 0 Å². The van der Waals surface area contributed by atoms with Crippen LogP contribution in [0.5, 0.6) is 0 Å². The zero-order valence-corrected chi connectivity index (χ0v) is 3.72. The van der Waals surface area contributed by atoms with Gasteiger partial charge in [-0.05, 0) is 6.42 Å². The summed E-state index contributed by atoms with van der Waals surface area (Å²) in [5.74, 6) is 4.52. The highest BCUT2D eigenvalue weighted by molar-refractivity contribution is 5.55. The molecule has 3 nitrogen and oxygen atoms in total. The lowest BCUT2D eigenvalue weighted by molar-refractivity contribution is 0.150. The van der Waals surface area contributed by atoms with Crippen LogP contribution in [-0.2, 0) is 4.94 Å². The maximum Gasteiger partial charge on any atom is 0.0459 e. The topological polar surface area (TPSA) is 47.6 Å². The standard InChI is InChI=1S/C3H8N2O/c1-2-3-5-6-4/h3H,2,4H2,1H3/b5-3-. The SMILES string of the molecule is CC/C=N\ON. The van der Waals surface area contributed by atoms with Crippen LogP contribution in [0.1, 0.15) is 13.3 Å². The highest BCUT2D eigenvalue weighted by Crippen LogP contribution is 1.64. The number of nitrogens with zero attached hydrogens (tertiary/aromatic N) is 1. The predicted molar refractivity (Wildman–Crippen MR) is 24.1 cm³/mol. The van der Waals surface area contributed by atoms with Crippen LogP contribution < -0.4 is 5.90 Å². The van der Waals surface area contributed by atoms with E-state index in [9.17, 15) is 0 Å². The molecule has 36 valence electrons. The van der Waals surface area contributed by atoms with Crippen LogP contribution in [0.15, 0.2) is 5.16 Å². The predicted octanol–water partition coefficient (Wildman–Crippen LogP) is 0.273. The van der Waals surface area contributed by atoms with E-state index in [2.05, 4.69) is 16.0 Å². The lowest BCUT2D eigenvalue weighted by Crippen LogP contribution is -1.88. The molecule has 6 heavy (non-hydrogen) atoms. The van der Waals surface area contributed by atoms with Gasteiger partial charge in [0.1, 0.15) is 0 Å². The average Bonchev–Trinajstić information content (AvgIpc) is 1.61. The van der Waals surface area contributed by atoms with Crippen LogP contribution in [0, 0.1) is 0 Å². The van der Waals surface area contributed by atoms with Gasteiger partial charge in [0.25, 0.3) is 0 Å². The summed E-state index contributed by atoms with van der Waals surface area (Å²) in [7, 11) is 0. The van der Waals surface area contributed by atoms with Gasteiger partial charge in [-0.2, -0.15) is 0 Å². The summed E-state index contributed by atoms with van der Waals surface area (Å²) in [6, 6.07) is 0. The first-order chi connectivity index (χ1) is 2.91. The molecule has 0 aromatic rings. The molecule has 0 fully saturated rings. The second-order valence-corrected chi connectivity index (χ2v) is 0.802. The summed E-state index contributed by atoms with van der Waals surface area (Å²) in [4.78, 5) is 3.85. The molecule has 0 heterocycles. The van der Waals surface area contributed by atoms with Gasteiger partial charge in [-0.3, -0.25) is 0 Å². The van der Waals surface area contributed by atoms with Crippen LogP contribution in [0.4, 0.5) is 0 Å². The Balaban J connectivity index is 2.73. The molecule has 0 unspecified atom stereocenters. The van der Waals surface area contributed by atoms with E-state index in [1.165, 1.54) is 0 Å². The van der Waals surface area contributed by atoms with Crippen LogP contribution in [-0.4, -0.2) is 6.21 Å². The molecule has 0 spiro atoms. The maximum absolute atomic E-state index is 4.52. The minimum atomic E-state index is 0.858. The van der Waals surface area contributed by atoms with Crippen LogP contribution in [0.3, 0.4) is 0 Å². The molecule has 0 aliphatic heterocycles. The third-order valence-corrected chi connectivity index (χ3v) is 0.318. The van der Waals surface area contributed by atoms with Gasteiger partial charge in [0, 0.05) is 6.21 Å². The Morgan fingerprint density at radius 2 is 2.67 bits per heavy atom. The fraction of sp³-hybridized carbons (Fsp3) is 0.667. The second-order valence-electron chi connectivity index (χ2n) is 0.802. The van der Waals surface area contributed by atoms with E-state index in [4.69, 9.17) is 0 Å². The number of oxime groups is 1. The molecule has 2 N–H and O–H groups in total. The van der Waals surface area contributed by atoms with Gasteiger partial charge >= 0.3 is 0 Å². The number of hydrogen-bond acceptors (Lipinski definition) is 3. The molecule has 0 aromatic carbocycles. The van der Waals surface area contributed by atoms with Crippen LogP contribution in [0.2, 0.25) is 0 Å². The Morgan fingerprint density at radius 3 is 2.83 bits per heavy atom. The van der Waals surface area contributed by atoms with E-state index < -0.39 is 0 Å². The number of hydrogen-bond donors (Lipinski definition) is 1. The monoisotopic (exact) mass is 88.1 g/mol. The highest BCUT2D eigenvalue weighted by Gasteiger charge is 1.59. The normalized spacial score (nSPS) is 9.67. The summed E-state index contributed by atoms with van der Waals surface area (Å²) in [5.41, 5.74) is 0. The van der Waals surface area contributed by atoms with E-state index in [1.54, 1.807) is 6.21 Å². The third-order valence-electron chi connectivity index (χ3n) is 0.318. The summed E-state index contributed by atoms with van der Waals surface area (Å²) in [5, 5.41) is 3.24. The Morgan fingerprint density at radius 1 is 2.00 bits per heavy atom. The fourth-order valence-corrected chi connectivity index (χ4v) is 0.118. The first-order valence-electron chi connectivity index (χ1n) is 1.79. The van der Waals surface area contributed by atoms with E-state index in [1.807, 2.05) is 6.92 Å². The van der Waals surface area contributed by atoms with Crippen molar-refractivity contribution in [2.45, 2.75) is 13.3 Å². The minimum absolute atomic E-state index is 0.858. The van der Waals surface area contributed by atoms with Crippen molar-refractivity contribution in [3.05, 3.63) is 0 Å². The molecule has 0 bridgehead atoms. The molecule has 0 saturated heterocycles. The molecule has 0 rings (SSSR count). The van der Waals surface area contributed by atoms with Gasteiger partial charge in [0.15, 0.2) is 0 Å². The minimum Gasteiger partial charge on any atom is -0.303 e. The summed E-state index contributed by atoms with van der Waals surface area (Å²) >= 11 is 0. The molecular weight excluding hydrogens is 80.0 g/mol. The Bertz CT molecular complexity index is 38.1. The lowest BCUT2D eigenvalue weighted by Gasteiger charge is -1.77. The first-order valence-corrected chi connectivity index (χ1v) is 1.79. The van der Waals surface area contributed by atoms with Gasteiger partial charge in [-0.1, -0.05) is 12.1 Å². The van der Waals surface area contributed by atoms with Crippen molar-refractivity contribution in [2.75, 3.05) is 0 Å². The van der Waals surface area contributed by atoms with Gasteiger partial charge in [-0.15, -0.1) is 5.90 Å². The zero-order valence-electron chi connectivity index (χ0n) is 3.72. The third kappa shape index (κ3) is 3.43. The van der Waals surface area contributed by atoms with Crippen LogP contribution in [0.25, 0.3) is 0 Å². The summed E-state index contributed by atoms with van der Waals surface area (Å²) in [6.07, 6.45) is 2.44. The molecule has 0 saturated carbocycles. The smallest absolute Gasteiger partial charge is 0.0459 e. The molecule has 0 aliphatic rings. The second kappa shape index (κ2) is 4.43. The van der Waals surface area contributed by atoms with Crippen molar-refractivity contribution in [3.8, 4) is 0 Å². The quantitative estimate of drug-likeness (QED) is 0.389. The van der Waals surface area contributed by atoms with Crippen molar-refractivity contribution in [1.29, 1.82) is 0 Å². The Labute approximate surface area is 36.7 Å². The zero-order chi connectivity index (χ0) is 4.83. The summed E-state index contributed by atoms with van der Waals surface area (Å²) in [6.45, 7) is 1.95. The average molecular weight is 88.1 g/mol. The van der Waals surface area contributed by atoms with E-state index in [-0.39, 0.29) is 0 Å². The molecule has 0 amide bonds. The first kappa shape index (κ1) is 5.43. The van der Waals surface area contributed by atoms with Crippen molar-refractivity contribution in [1.82, 2.24) is 0 Å². The van der Waals surface area contributed by atoms with E-state index in [0.717, 1.165) is 6.42 Å². The number of rotatable bonds is 2. The maximum atomic E-state index is 4.52. The summed E-state index contributed by atoms with van der Waals surface area (Å²) < 4.78 is 0. The molecule has 3 heteroatoms. The van der Waals surface area contributed by atoms with Gasteiger partial charge in [0.05, 0.1) is 0 Å². The van der Waals surface area contributed by atoms with Crippen LogP contribution >= 0.6 is 0 Å². The van der Waals surface area contributed by atoms with Crippen molar-refractivity contribution < 1.29 is 4.94 Å². The highest BCUT2D eigenvalue weighted by atomic mass is 16.7. The Hall–Kier alpha value is -0.570. The van der Waals surface area contributed by atoms with E-state index in [0.29, 0.717) is 0 Å². The van der Waals surface area contributed by atoms with Gasteiger partial charge in [0.2, 0.25) is 0 Å². The molecule has 0 atom stereocenters. The molecule has 0 aromatic heterocycles. The molecule has 0 radical (unpaired) electrons. The van der Waals surface area contributed by atoms with Gasteiger partial charge < -0.3 is 4.94 Å². The largest absolute Gasteiger partial charge is 0.303 e. The van der Waals surface area contributed by atoms with Crippen molar-refractivity contribution in [2.24, 2.45) is 11.1 Å². The van der Waals surface area contributed by atoms with Crippen molar-refractivity contribution >= 4 is 6.21 Å². The Kier molecular flexibility index (Phi) is 4.01. The fourth-order valence-electron chi connectivity index (χ4n) is 0.118. The molecule has 0 aliphatic carbocycles. The lowest BCUT2D eigenvalue weighted by atomic mass is 10.6. The van der Waals surface area contributed by atoms with Crippen molar-refractivity contribution in [3.63, 3.8) is 0 Å². The van der Waals surface area contributed by atoms with E-state index >= 15 is 0 Å². The number of nitrogens with two attached hydrogens (primary N) is 1.